The van der Waals surface area contributed by atoms with Crippen molar-refractivity contribution >= 4 is 23.0 Å². The molecule has 0 fully saturated rings. The standard InChI is InChI=1S/C22H18FN3O2/c1-3-4-14-10-13(6-8-18(14)24)16-11-19-21(28-22(27)25-19)26-20(16)15-5-7-17(23)12(2)9-15/h3-11H,24H2,1-2H3,(H,25,27). The molecule has 0 aliphatic carbocycles. The molecule has 0 unspecified atom stereocenters. The number of halogens is 1. The van der Waals surface area contributed by atoms with Crippen molar-refractivity contribution in [3.05, 3.63) is 76.0 Å². The summed E-state index contributed by atoms with van der Waals surface area (Å²) in [6.45, 7) is 3.61. The molecule has 5 nitrogen and oxygen atoms in total. The Kier molecular flexibility index (Phi) is 4.31. The van der Waals surface area contributed by atoms with Gasteiger partial charge in [-0.3, -0.25) is 4.98 Å². The van der Waals surface area contributed by atoms with E-state index in [4.69, 9.17) is 10.2 Å². The normalized spacial score (nSPS) is 11.5. The van der Waals surface area contributed by atoms with E-state index >= 15 is 0 Å². The maximum absolute atomic E-state index is 13.8. The molecule has 140 valence electrons. The van der Waals surface area contributed by atoms with Crippen LogP contribution in [0.15, 0.2) is 57.8 Å². The number of hydrogen-bond acceptors (Lipinski definition) is 4. The van der Waals surface area contributed by atoms with Crippen LogP contribution in [-0.4, -0.2) is 9.97 Å². The molecule has 0 aliphatic rings. The van der Waals surface area contributed by atoms with E-state index in [2.05, 4.69) is 9.97 Å². The topological polar surface area (TPSA) is 84.9 Å². The number of pyridine rings is 1. The number of nitrogens with one attached hydrogen (secondary N) is 1. The fourth-order valence-electron chi connectivity index (χ4n) is 3.19. The minimum absolute atomic E-state index is 0.204. The molecular formula is C22H18FN3O2. The molecule has 4 rings (SSSR count). The van der Waals surface area contributed by atoms with Gasteiger partial charge in [0.05, 0.1) is 5.69 Å². The first-order chi connectivity index (χ1) is 13.5. The minimum atomic E-state index is -0.576. The van der Waals surface area contributed by atoms with Gasteiger partial charge in [0.2, 0.25) is 5.71 Å². The molecule has 0 radical (unpaired) electrons. The van der Waals surface area contributed by atoms with Crippen LogP contribution in [0.3, 0.4) is 0 Å². The number of benzene rings is 2. The zero-order valence-corrected chi connectivity index (χ0v) is 15.4. The Morgan fingerprint density at radius 3 is 2.68 bits per heavy atom. The molecule has 28 heavy (non-hydrogen) atoms. The van der Waals surface area contributed by atoms with E-state index in [0.29, 0.717) is 22.5 Å². The fourth-order valence-corrected chi connectivity index (χ4v) is 3.19. The Bertz CT molecular complexity index is 1280. The summed E-state index contributed by atoms with van der Waals surface area (Å²) in [5, 5.41) is 0. The van der Waals surface area contributed by atoms with E-state index in [1.54, 1.807) is 19.1 Å². The third kappa shape index (κ3) is 3.09. The molecule has 2 aromatic carbocycles. The smallest absolute Gasteiger partial charge is 0.398 e. The van der Waals surface area contributed by atoms with Crippen LogP contribution < -0.4 is 11.5 Å². The number of nitrogen functional groups attached to an aromatic ring is 1. The lowest BCUT2D eigenvalue weighted by Gasteiger charge is -2.12. The predicted octanol–water partition coefficient (Wildman–Crippen LogP) is 4.91. The second-order valence-electron chi connectivity index (χ2n) is 6.56. The van der Waals surface area contributed by atoms with Gasteiger partial charge in [0.25, 0.3) is 0 Å². The molecule has 0 saturated carbocycles. The predicted molar refractivity (Wildman–Crippen MR) is 109 cm³/mol. The first-order valence-corrected chi connectivity index (χ1v) is 8.79. The van der Waals surface area contributed by atoms with Gasteiger partial charge in [-0.25, -0.2) is 14.2 Å². The van der Waals surface area contributed by atoms with Crippen LogP contribution in [0.25, 0.3) is 39.7 Å². The van der Waals surface area contributed by atoms with Crippen molar-refractivity contribution < 1.29 is 8.81 Å². The number of hydrogen-bond donors (Lipinski definition) is 2. The second-order valence-corrected chi connectivity index (χ2v) is 6.56. The van der Waals surface area contributed by atoms with Crippen molar-refractivity contribution in [2.45, 2.75) is 13.8 Å². The molecule has 0 saturated heterocycles. The first kappa shape index (κ1) is 17.7. The lowest BCUT2D eigenvalue weighted by Crippen LogP contribution is -1.95. The Morgan fingerprint density at radius 1 is 1.14 bits per heavy atom. The average Bonchev–Trinajstić information content (AvgIpc) is 3.04. The first-order valence-electron chi connectivity index (χ1n) is 8.79. The van der Waals surface area contributed by atoms with Gasteiger partial charge in [0.15, 0.2) is 0 Å². The van der Waals surface area contributed by atoms with Crippen LogP contribution in [0.4, 0.5) is 10.1 Å². The average molecular weight is 375 g/mol. The third-order valence-electron chi connectivity index (χ3n) is 4.59. The van der Waals surface area contributed by atoms with E-state index in [-0.39, 0.29) is 11.5 Å². The Balaban J connectivity index is 2.02. The Hall–Kier alpha value is -3.67. The van der Waals surface area contributed by atoms with Gasteiger partial charge in [0, 0.05) is 16.8 Å². The zero-order valence-electron chi connectivity index (χ0n) is 15.4. The summed E-state index contributed by atoms with van der Waals surface area (Å²) < 4.78 is 18.9. The number of aryl methyl sites for hydroxylation is 1. The third-order valence-corrected chi connectivity index (χ3v) is 4.59. The molecule has 4 aromatic rings. The molecular weight excluding hydrogens is 357 g/mol. The second kappa shape index (κ2) is 6.81. The van der Waals surface area contributed by atoms with Crippen LogP contribution >= 0.6 is 0 Å². The molecule has 0 spiro atoms. The molecule has 0 bridgehead atoms. The zero-order chi connectivity index (χ0) is 19.8. The quantitative estimate of drug-likeness (QED) is 0.498. The van der Waals surface area contributed by atoms with E-state index < -0.39 is 5.76 Å². The number of rotatable bonds is 3. The number of aromatic amines is 1. The molecule has 0 atom stereocenters. The summed E-state index contributed by atoms with van der Waals surface area (Å²) in [6, 6.07) is 12.3. The monoisotopic (exact) mass is 375 g/mol. The molecule has 6 heteroatoms. The van der Waals surface area contributed by atoms with Gasteiger partial charge in [-0.2, -0.15) is 0 Å². The van der Waals surface area contributed by atoms with Gasteiger partial charge in [-0.1, -0.05) is 18.2 Å². The SMILES string of the molecule is CC=Cc1cc(-c2cc3[nH]c(=O)oc3nc2-c2ccc(F)c(C)c2)ccc1N. The molecule has 2 heterocycles. The molecule has 3 N–H and O–H groups in total. The van der Waals surface area contributed by atoms with E-state index in [0.717, 1.165) is 22.3 Å². The molecule has 2 aromatic heterocycles. The van der Waals surface area contributed by atoms with Crippen LogP contribution in [-0.2, 0) is 0 Å². The molecule has 0 amide bonds. The van der Waals surface area contributed by atoms with Crippen molar-refractivity contribution in [1.29, 1.82) is 0 Å². The van der Waals surface area contributed by atoms with Crippen molar-refractivity contribution in [2.75, 3.05) is 5.73 Å². The van der Waals surface area contributed by atoms with Crippen molar-refractivity contribution in [2.24, 2.45) is 0 Å². The van der Waals surface area contributed by atoms with Gasteiger partial charge in [0.1, 0.15) is 11.3 Å². The van der Waals surface area contributed by atoms with Crippen molar-refractivity contribution in [3.63, 3.8) is 0 Å². The summed E-state index contributed by atoms with van der Waals surface area (Å²) in [5.41, 5.74) is 11.8. The number of anilines is 1. The van der Waals surface area contributed by atoms with Gasteiger partial charge < -0.3 is 10.2 Å². The van der Waals surface area contributed by atoms with E-state index in [1.807, 2.05) is 43.3 Å². The van der Waals surface area contributed by atoms with Crippen molar-refractivity contribution in [3.8, 4) is 22.4 Å². The lowest BCUT2D eigenvalue weighted by atomic mass is 9.96. The number of allylic oxidation sites excluding steroid dienone is 1. The number of oxazole rings is 1. The maximum atomic E-state index is 13.8. The van der Waals surface area contributed by atoms with Gasteiger partial charge in [-0.05, 0) is 66.9 Å². The number of aromatic nitrogens is 2. The highest BCUT2D eigenvalue weighted by atomic mass is 19.1. The lowest BCUT2D eigenvalue weighted by molar-refractivity contribution is 0.546. The minimum Gasteiger partial charge on any atom is -0.398 e. The highest BCUT2D eigenvalue weighted by molar-refractivity contribution is 5.89. The summed E-state index contributed by atoms with van der Waals surface area (Å²) in [4.78, 5) is 18.8. The maximum Gasteiger partial charge on any atom is 0.418 e. The van der Waals surface area contributed by atoms with Gasteiger partial charge in [-0.15, -0.1) is 0 Å². The number of fused-ring (bicyclic) bond motifs is 1. The van der Waals surface area contributed by atoms with Crippen LogP contribution in [0.1, 0.15) is 18.1 Å². The summed E-state index contributed by atoms with van der Waals surface area (Å²) in [6.07, 6.45) is 3.83. The van der Waals surface area contributed by atoms with Gasteiger partial charge >= 0.3 is 5.76 Å². The summed E-state index contributed by atoms with van der Waals surface area (Å²) in [7, 11) is 0. The largest absolute Gasteiger partial charge is 0.418 e. The Labute approximate surface area is 160 Å². The van der Waals surface area contributed by atoms with E-state index in [1.165, 1.54) is 6.07 Å². The summed E-state index contributed by atoms with van der Waals surface area (Å²) in [5.74, 6) is -0.866. The van der Waals surface area contributed by atoms with Crippen LogP contribution in [0, 0.1) is 12.7 Å². The number of nitrogens with zero attached hydrogens (tertiary/aromatic N) is 1. The highest BCUT2D eigenvalue weighted by Gasteiger charge is 2.16. The van der Waals surface area contributed by atoms with Crippen LogP contribution in [0.2, 0.25) is 0 Å². The van der Waals surface area contributed by atoms with E-state index in [9.17, 15) is 9.18 Å². The summed E-state index contributed by atoms with van der Waals surface area (Å²) >= 11 is 0. The van der Waals surface area contributed by atoms with Crippen molar-refractivity contribution in [1.82, 2.24) is 9.97 Å². The van der Waals surface area contributed by atoms with Crippen LogP contribution in [0.5, 0.6) is 0 Å². The Morgan fingerprint density at radius 2 is 1.93 bits per heavy atom. The number of H-pyrrole nitrogens is 1. The molecule has 0 aliphatic heterocycles. The highest BCUT2D eigenvalue weighted by Crippen LogP contribution is 2.35. The fraction of sp³-hybridized carbons (Fsp3) is 0.0909. The number of nitrogens with two attached hydrogens (primary N) is 1.